The second-order valence-corrected chi connectivity index (χ2v) is 7.74. The van der Waals surface area contributed by atoms with E-state index in [2.05, 4.69) is 29.2 Å². The van der Waals surface area contributed by atoms with Gasteiger partial charge in [-0.2, -0.15) is 10.1 Å². The van der Waals surface area contributed by atoms with Gasteiger partial charge in [-0.3, -0.25) is 4.79 Å². The number of hydrogen-bond acceptors (Lipinski definition) is 6. The Bertz CT molecular complexity index is 1170. The first kappa shape index (κ1) is 19.8. The number of ether oxygens (including phenoxy) is 1. The van der Waals surface area contributed by atoms with E-state index in [9.17, 15) is 9.59 Å². The van der Waals surface area contributed by atoms with E-state index in [4.69, 9.17) is 4.74 Å². The maximum absolute atomic E-state index is 12.9. The first-order valence-corrected chi connectivity index (χ1v) is 10.0. The van der Waals surface area contributed by atoms with Crippen LogP contribution in [-0.4, -0.2) is 27.3 Å². The van der Waals surface area contributed by atoms with Gasteiger partial charge in [-0.25, -0.2) is 9.48 Å². The van der Waals surface area contributed by atoms with Crippen molar-refractivity contribution in [2.45, 2.75) is 39.3 Å². The van der Waals surface area contributed by atoms with Gasteiger partial charge in [0.25, 0.3) is 5.56 Å². The summed E-state index contributed by atoms with van der Waals surface area (Å²) in [5, 5.41) is 7.81. The number of fused-ring (bicyclic) bond motifs is 3. The van der Waals surface area contributed by atoms with E-state index in [1.165, 1.54) is 4.68 Å². The van der Waals surface area contributed by atoms with Gasteiger partial charge < -0.3 is 10.1 Å². The highest BCUT2D eigenvalue weighted by Gasteiger charge is 2.44. The van der Waals surface area contributed by atoms with Crippen molar-refractivity contribution >= 4 is 11.7 Å². The second-order valence-electron chi connectivity index (χ2n) is 7.74. The Morgan fingerprint density at radius 1 is 1.17 bits per heavy atom. The van der Waals surface area contributed by atoms with Crippen molar-refractivity contribution in [2.75, 3.05) is 11.9 Å². The first-order chi connectivity index (χ1) is 14.3. The number of carbonyl (C=O) groups excluding carboxylic acids is 1. The van der Waals surface area contributed by atoms with Crippen LogP contribution >= 0.6 is 0 Å². The number of carbonyl (C=O) groups is 1. The average molecular weight is 404 g/mol. The molecule has 0 aliphatic carbocycles. The number of rotatable bonds is 4. The smallest absolute Gasteiger partial charge is 0.354 e. The molecule has 1 aliphatic rings. The number of aromatic nitrogens is 3. The molecule has 1 N–H and O–H groups in total. The second kappa shape index (κ2) is 7.40. The van der Waals surface area contributed by atoms with E-state index < -0.39 is 17.2 Å². The third-order valence-corrected chi connectivity index (χ3v) is 5.30. The van der Waals surface area contributed by atoms with Crippen LogP contribution in [0.2, 0.25) is 0 Å². The third kappa shape index (κ3) is 3.16. The van der Waals surface area contributed by atoms with Crippen molar-refractivity contribution in [3.8, 4) is 22.6 Å². The van der Waals surface area contributed by atoms with Crippen molar-refractivity contribution in [2.24, 2.45) is 0 Å². The third-order valence-electron chi connectivity index (χ3n) is 5.30. The number of nitrogens with one attached hydrogen (secondary N) is 1. The Morgan fingerprint density at radius 2 is 1.87 bits per heavy atom. The molecule has 0 amide bonds. The topological polar surface area (TPSA) is 86.1 Å². The van der Waals surface area contributed by atoms with Crippen molar-refractivity contribution in [1.82, 2.24) is 14.8 Å². The van der Waals surface area contributed by atoms with Crippen LogP contribution in [0, 0.1) is 0 Å². The molecule has 2 aromatic carbocycles. The molecule has 1 aliphatic heterocycles. The zero-order valence-corrected chi connectivity index (χ0v) is 17.5. The molecular weight excluding hydrogens is 380 g/mol. The fourth-order valence-electron chi connectivity index (χ4n) is 3.59. The maximum Gasteiger partial charge on any atom is 0.354 e. The molecule has 0 spiro atoms. The van der Waals surface area contributed by atoms with Crippen LogP contribution in [0.1, 0.15) is 39.2 Å². The van der Waals surface area contributed by atoms with Crippen molar-refractivity contribution in [3.05, 3.63) is 64.4 Å². The lowest BCUT2D eigenvalue weighted by Gasteiger charge is -2.36. The molecule has 1 aromatic heterocycles. The number of benzene rings is 2. The molecule has 0 saturated carbocycles. The standard InChI is InChI=1S/C23H24N4O3/c1-5-30-22(29)23(4)25-18-9-7-6-8-17(18)20-24-21(28)19(26-27(20)23)16-12-10-15(11-13-16)14(2)3/h6-14,25H,5H2,1-4H3/t23-/m0/s1. The summed E-state index contributed by atoms with van der Waals surface area (Å²) in [6.45, 7) is 7.87. The fourth-order valence-corrected chi connectivity index (χ4v) is 3.59. The predicted molar refractivity (Wildman–Crippen MR) is 115 cm³/mol. The normalized spacial score (nSPS) is 17.1. The van der Waals surface area contributed by atoms with Gasteiger partial charge in [0.15, 0.2) is 11.5 Å². The Kier molecular flexibility index (Phi) is 4.89. The molecule has 154 valence electrons. The van der Waals surface area contributed by atoms with Gasteiger partial charge in [-0.1, -0.05) is 50.2 Å². The minimum atomic E-state index is -1.34. The van der Waals surface area contributed by atoms with E-state index in [1.54, 1.807) is 13.8 Å². The molecule has 3 aromatic rings. The van der Waals surface area contributed by atoms with Crippen LogP contribution in [0.25, 0.3) is 22.6 Å². The summed E-state index contributed by atoms with van der Waals surface area (Å²) in [6, 6.07) is 15.0. The minimum Gasteiger partial charge on any atom is -0.463 e. The summed E-state index contributed by atoms with van der Waals surface area (Å²) in [7, 11) is 0. The predicted octanol–water partition coefficient (Wildman–Crippen LogP) is 3.76. The molecule has 7 heteroatoms. The number of anilines is 1. The Morgan fingerprint density at radius 3 is 2.53 bits per heavy atom. The highest BCUT2D eigenvalue weighted by molar-refractivity contribution is 5.88. The zero-order valence-electron chi connectivity index (χ0n) is 17.5. The first-order valence-electron chi connectivity index (χ1n) is 10.0. The highest BCUT2D eigenvalue weighted by atomic mass is 16.5. The van der Waals surface area contributed by atoms with Gasteiger partial charge >= 0.3 is 5.97 Å². The molecule has 0 radical (unpaired) electrons. The molecule has 30 heavy (non-hydrogen) atoms. The van der Waals surface area contributed by atoms with Crippen LogP contribution in [0.15, 0.2) is 53.3 Å². The summed E-state index contributed by atoms with van der Waals surface area (Å²) in [5.74, 6) is 0.204. The summed E-state index contributed by atoms with van der Waals surface area (Å²) in [6.07, 6.45) is 0. The summed E-state index contributed by atoms with van der Waals surface area (Å²) in [4.78, 5) is 30.1. The van der Waals surface area contributed by atoms with Crippen LogP contribution < -0.4 is 10.9 Å². The van der Waals surface area contributed by atoms with Crippen molar-refractivity contribution in [3.63, 3.8) is 0 Å². The number of esters is 1. The molecule has 0 bridgehead atoms. The van der Waals surface area contributed by atoms with Gasteiger partial charge in [0, 0.05) is 16.8 Å². The highest BCUT2D eigenvalue weighted by Crippen LogP contribution is 2.37. The summed E-state index contributed by atoms with van der Waals surface area (Å²) >= 11 is 0. The zero-order chi connectivity index (χ0) is 21.5. The Hall–Kier alpha value is -3.48. The lowest BCUT2D eigenvalue weighted by atomic mass is 10.0. The average Bonchev–Trinajstić information content (AvgIpc) is 2.74. The van der Waals surface area contributed by atoms with E-state index in [-0.39, 0.29) is 12.3 Å². The molecule has 2 heterocycles. The quantitative estimate of drug-likeness (QED) is 0.667. The molecule has 0 fully saturated rings. The lowest BCUT2D eigenvalue weighted by molar-refractivity contribution is -0.152. The Labute approximate surface area is 174 Å². The molecular formula is C23H24N4O3. The summed E-state index contributed by atoms with van der Waals surface area (Å²) in [5.41, 5.74) is 1.61. The number of nitrogens with zero attached hydrogens (tertiary/aromatic N) is 3. The number of hydrogen-bond donors (Lipinski definition) is 1. The van der Waals surface area contributed by atoms with Crippen LogP contribution in [-0.2, 0) is 15.2 Å². The SMILES string of the molecule is CCOC(=O)[C@@]1(C)Nc2ccccc2-c2nc(=O)c(-c3ccc(C(C)C)cc3)nn21. The van der Waals surface area contributed by atoms with Gasteiger partial charge in [0.1, 0.15) is 0 Å². The molecule has 0 saturated heterocycles. The van der Waals surface area contributed by atoms with Crippen molar-refractivity contribution < 1.29 is 9.53 Å². The van der Waals surface area contributed by atoms with Gasteiger partial charge in [-0.05, 0) is 37.5 Å². The Balaban J connectivity index is 1.93. The molecule has 7 nitrogen and oxygen atoms in total. The summed E-state index contributed by atoms with van der Waals surface area (Å²) < 4.78 is 6.76. The minimum absolute atomic E-state index is 0.186. The number of para-hydroxylation sites is 1. The molecule has 1 atom stereocenters. The molecule has 0 unspecified atom stereocenters. The van der Waals surface area contributed by atoms with E-state index in [0.717, 1.165) is 5.56 Å². The maximum atomic E-state index is 12.9. The van der Waals surface area contributed by atoms with Gasteiger partial charge in [-0.15, -0.1) is 0 Å². The van der Waals surface area contributed by atoms with E-state index in [0.29, 0.717) is 28.6 Å². The fraction of sp³-hybridized carbons (Fsp3) is 0.304. The van der Waals surface area contributed by atoms with Crippen LogP contribution in [0.3, 0.4) is 0 Å². The van der Waals surface area contributed by atoms with E-state index in [1.807, 2.05) is 48.5 Å². The monoisotopic (exact) mass is 404 g/mol. The van der Waals surface area contributed by atoms with Gasteiger partial charge in [0.05, 0.1) is 6.61 Å². The van der Waals surface area contributed by atoms with Gasteiger partial charge in [0.2, 0.25) is 5.66 Å². The largest absolute Gasteiger partial charge is 0.463 e. The van der Waals surface area contributed by atoms with Crippen LogP contribution in [0.5, 0.6) is 0 Å². The molecule has 4 rings (SSSR count). The lowest BCUT2D eigenvalue weighted by Crippen LogP contribution is -2.51. The van der Waals surface area contributed by atoms with E-state index >= 15 is 0 Å². The van der Waals surface area contributed by atoms with Crippen molar-refractivity contribution in [1.29, 1.82) is 0 Å². The van der Waals surface area contributed by atoms with Crippen LogP contribution in [0.4, 0.5) is 5.69 Å².